The van der Waals surface area contributed by atoms with E-state index in [1.807, 2.05) is 19.2 Å². The average molecular weight is 510 g/mol. The molecule has 2 N–H and O–H groups in total. The van der Waals surface area contributed by atoms with Gasteiger partial charge in [-0.2, -0.15) is 11.8 Å². The minimum absolute atomic E-state index is 0. The van der Waals surface area contributed by atoms with Gasteiger partial charge in [0.15, 0.2) is 5.96 Å². The van der Waals surface area contributed by atoms with Crippen LogP contribution in [-0.4, -0.2) is 50.3 Å². The minimum Gasteiger partial charge on any atom is -0.381 e. The molecule has 2 fully saturated rings. The summed E-state index contributed by atoms with van der Waals surface area (Å²) in [7, 11) is 1.84. The Bertz CT molecular complexity index is 590. The fraction of sp³-hybridized carbons (Fsp3) is 0.632. The number of benzene rings is 1. The highest BCUT2D eigenvalue weighted by Gasteiger charge is 2.36. The van der Waals surface area contributed by atoms with Crippen LogP contribution >= 0.6 is 47.3 Å². The molecular weight excluding hydrogens is 481 g/mol. The molecule has 2 heterocycles. The van der Waals surface area contributed by atoms with Crippen molar-refractivity contribution in [1.29, 1.82) is 0 Å². The van der Waals surface area contributed by atoms with Gasteiger partial charge in [0.25, 0.3) is 0 Å². The van der Waals surface area contributed by atoms with Crippen molar-refractivity contribution in [1.82, 2.24) is 10.6 Å². The van der Waals surface area contributed by atoms with Crippen LogP contribution in [0.15, 0.2) is 29.3 Å². The van der Waals surface area contributed by atoms with Gasteiger partial charge in [-0.05, 0) is 43.1 Å². The number of aliphatic imine (C=N–C) groups is 1. The summed E-state index contributed by atoms with van der Waals surface area (Å²) < 4.78 is 5.61. The van der Waals surface area contributed by atoms with Crippen molar-refractivity contribution in [3.63, 3.8) is 0 Å². The summed E-state index contributed by atoms with van der Waals surface area (Å²) in [6.45, 7) is 3.35. The molecule has 2 aliphatic heterocycles. The highest BCUT2D eigenvalue weighted by molar-refractivity contribution is 14.0. The molecule has 26 heavy (non-hydrogen) atoms. The molecule has 0 spiro atoms. The zero-order valence-corrected chi connectivity index (χ0v) is 19.2. The summed E-state index contributed by atoms with van der Waals surface area (Å²) in [5.41, 5.74) is 1.21. The molecule has 2 saturated heterocycles. The van der Waals surface area contributed by atoms with E-state index in [0.717, 1.165) is 50.1 Å². The molecule has 3 rings (SSSR count). The molecule has 0 saturated carbocycles. The predicted octanol–water partition coefficient (Wildman–Crippen LogP) is 4.07. The summed E-state index contributed by atoms with van der Waals surface area (Å²) in [6, 6.07) is 8.20. The topological polar surface area (TPSA) is 45.7 Å². The first-order chi connectivity index (χ1) is 12.2. The lowest BCUT2D eigenvalue weighted by molar-refractivity contribution is 0.0514. The first-order valence-corrected chi connectivity index (χ1v) is 10.5. The van der Waals surface area contributed by atoms with Crippen LogP contribution in [0.4, 0.5) is 0 Å². The molecule has 7 heteroatoms. The van der Waals surface area contributed by atoms with Gasteiger partial charge in [-0.15, -0.1) is 24.0 Å². The quantitative estimate of drug-likeness (QED) is 0.357. The summed E-state index contributed by atoms with van der Waals surface area (Å²) in [4.78, 5) is 4.40. The molecular formula is C19H29ClIN3OS. The maximum Gasteiger partial charge on any atom is 0.191 e. The lowest BCUT2D eigenvalue weighted by Gasteiger charge is -2.38. The number of halogens is 2. The van der Waals surface area contributed by atoms with E-state index in [9.17, 15) is 0 Å². The molecule has 0 bridgehead atoms. The number of hydrogen-bond donors (Lipinski definition) is 2. The van der Waals surface area contributed by atoms with Crippen LogP contribution in [0.25, 0.3) is 0 Å². The molecule has 1 unspecified atom stereocenters. The van der Waals surface area contributed by atoms with Crippen LogP contribution in [0.1, 0.15) is 31.2 Å². The van der Waals surface area contributed by atoms with E-state index in [1.54, 1.807) is 0 Å². The number of nitrogens with zero attached hydrogens (tertiary/aromatic N) is 1. The molecule has 0 aliphatic carbocycles. The van der Waals surface area contributed by atoms with Crippen molar-refractivity contribution in [3.05, 3.63) is 34.9 Å². The summed E-state index contributed by atoms with van der Waals surface area (Å²) >= 11 is 8.59. The van der Waals surface area contributed by atoms with Gasteiger partial charge >= 0.3 is 0 Å². The Morgan fingerprint density at radius 2 is 2.08 bits per heavy atom. The number of ether oxygens (including phenoxy) is 1. The standard InChI is InChI=1S/C19H28ClN3OS.HI/c1-21-18(22-13-15-5-4-12-25-15)23-14-19(8-10-24-11-9-19)16-6-2-3-7-17(16)20;/h2-3,6-7,15H,4-5,8-14H2,1H3,(H2,21,22,23);1H. The van der Waals surface area contributed by atoms with E-state index in [1.165, 1.54) is 24.2 Å². The second-order valence-corrected chi connectivity index (χ2v) is 8.63. The number of rotatable bonds is 5. The van der Waals surface area contributed by atoms with Crippen LogP contribution in [0, 0.1) is 0 Å². The van der Waals surface area contributed by atoms with Gasteiger partial charge in [0.2, 0.25) is 0 Å². The van der Waals surface area contributed by atoms with Gasteiger partial charge in [-0.3, -0.25) is 4.99 Å². The van der Waals surface area contributed by atoms with Gasteiger partial charge in [0.05, 0.1) is 0 Å². The van der Waals surface area contributed by atoms with Crippen molar-refractivity contribution in [2.24, 2.45) is 4.99 Å². The van der Waals surface area contributed by atoms with E-state index in [4.69, 9.17) is 16.3 Å². The lowest BCUT2D eigenvalue weighted by Crippen LogP contribution is -2.49. The Labute approximate surface area is 183 Å². The van der Waals surface area contributed by atoms with E-state index in [-0.39, 0.29) is 29.4 Å². The smallest absolute Gasteiger partial charge is 0.191 e. The molecule has 0 amide bonds. The fourth-order valence-corrected chi connectivity index (χ4v) is 5.22. The normalized spacial score (nSPS) is 22.5. The number of hydrogen-bond acceptors (Lipinski definition) is 3. The van der Waals surface area contributed by atoms with Crippen molar-refractivity contribution in [2.45, 2.75) is 36.3 Å². The predicted molar refractivity (Wildman–Crippen MR) is 123 cm³/mol. The molecule has 0 aromatic heterocycles. The Balaban J connectivity index is 0.00000243. The van der Waals surface area contributed by atoms with E-state index >= 15 is 0 Å². The monoisotopic (exact) mass is 509 g/mol. The zero-order chi connectivity index (χ0) is 17.5. The van der Waals surface area contributed by atoms with Crippen LogP contribution in [0.3, 0.4) is 0 Å². The maximum atomic E-state index is 6.53. The molecule has 2 aliphatic rings. The van der Waals surface area contributed by atoms with Crippen LogP contribution in [-0.2, 0) is 10.2 Å². The summed E-state index contributed by atoms with van der Waals surface area (Å²) in [6.07, 6.45) is 4.58. The van der Waals surface area contributed by atoms with Gasteiger partial charge < -0.3 is 15.4 Å². The molecule has 1 aromatic carbocycles. The average Bonchev–Trinajstić information content (AvgIpc) is 3.16. The summed E-state index contributed by atoms with van der Waals surface area (Å²) in [5, 5.41) is 8.58. The first-order valence-electron chi connectivity index (χ1n) is 9.12. The van der Waals surface area contributed by atoms with Gasteiger partial charge in [0, 0.05) is 49.0 Å². The van der Waals surface area contributed by atoms with E-state index in [0.29, 0.717) is 5.25 Å². The second kappa shape index (κ2) is 11.0. The minimum atomic E-state index is -0.00365. The largest absolute Gasteiger partial charge is 0.381 e. The molecule has 4 nitrogen and oxygen atoms in total. The zero-order valence-electron chi connectivity index (χ0n) is 15.3. The first kappa shape index (κ1) is 22.1. The summed E-state index contributed by atoms with van der Waals surface area (Å²) in [5.74, 6) is 2.17. The molecule has 0 radical (unpaired) electrons. The van der Waals surface area contributed by atoms with Crippen LogP contribution in [0.2, 0.25) is 5.02 Å². The molecule has 1 aromatic rings. The van der Waals surface area contributed by atoms with E-state index < -0.39 is 0 Å². The van der Waals surface area contributed by atoms with Crippen molar-refractivity contribution < 1.29 is 4.74 Å². The van der Waals surface area contributed by atoms with Gasteiger partial charge in [0.1, 0.15) is 0 Å². The van der Waals surface area contributed by atoms with Gasteiger partial charge in [-0.1, -0.05) is 29.8 Å². The number of guanidine groups is 1. The SMILES string of the molecule is CN=C(NCC1CCCS1)NCC1(c2ccccc2Cl)CCOCC1.I. The Kier molecular flexibility index (Phi) is 9.33. The third kappa shape index (κ3) is 5.66. The van der Waals surface area contributed by atoms with Crippen molar-refractivity contribution >= 4 is 53.3 Å². The number of thioether (sulfide) groups is 1. The third-order valence-electron chi connectivity index (χ3n) is 5.23. The number of nitrogens with one attached hydrogen (secondary N) is 2. The molecule has 146 valence electrons. The second-order valence-electron chi connectivity index (χ2n) is 6.81. The highest BCUT2D eigenvalue weighted by atomic mass is 127. The maximum absolute atomic E-state index is 6.53. The Morgan fingerprint density at radius 1 is 1.31 bits per heavy atom. The fourth-order valence-electron chi connectivity index (χ4n) is 3.68. The Hall–Kier alpha value is -0.180. The van der Waals surface area contributed by atoms with Crippen LogP contribution < -0.4 is 10.6 Å². The van der Waals surface area contributed by atoms with E-state index in [2.05, 4.69) is 39.5 Å². The molecule has 1 atom stereocenters. The highest BCUT2D eigenvalue weighted by Crippen LogP contribution is 2.38. The van der Waals surface area contributed by atoms with Crippen molar-refractivity contribution in [2.75, 3.05) is 39.1 Å². The third-order valence-corrected chi connectivity index (χ3v) is 6.96. The lowest BCUT2D eigenvalue weighted by atomic mass is 9.74. The van der Waals surface area contributed by atoms with Crippen molar-refractivity contribution in [3.8, 4) is 0 Å². The Morgan fingerprint density at radius 3 is 2.73 bits per heavy atom. The van der Waals surface area contributed by atoms with Crippen LogP contribution in [0.5, 0.6) is 0 Å². The van der Waals surface area contributed by atoms with Gasteiger partial charge in [-0.25, -0.2) is 0 Å².